The first-order valence-corrected chi connectivity index (χ1v) is 9.03. The van der Waals surface area contributed by atoms with Crippen molar-refractivity contribution in [1.82, 2.24) is 30.5 Å². The Hall–Kier alpha value is -2.88. The van der Waals surface area contributed by atoms with Crippen molar-refractivity contribution < 1.29 is 14.7 Å². The van der Waals surface area contributed by atoms with Gasteiger partial charge in [-0.05, 0) is 29.0 Å². The lowest BCUT2D eigenvalue weighted by atomic mass is 10.1. The number of fused-ring (bicyclic) bond motifs is 1. The van der Waals surface area contributed by atoms with Gasteiger partial charge in [0, 0.05) is 30.1 Å². The first-order valence-electron chi connectivity index (χ1n) is 8.04. The lowest BCUT2D eigenvalue weighted by Crippen LogP contribution is -2.43. The fraction of sp³-hybridized carbons (Fsp3) is 0.312. The van der Waals surface area contributed by atoms with E-state index in [4.69, 9.17) is 0 Å². The van der Waals surface area contributed by atoms with Crippen molar-refractivity contribution >= 4 is 34.5 Å². The van der Waals surface area contributed by atoms with Gasteiger partial charge in [0.05, 0.1) is 5.75 Å². The first kappa shape index (κ1) is 17.9. The summed E-state index contributed by atoms with van der Waals surface area (Å²) in [6, 6.07) is 6.62. The van der Waals surface area contributed by atoms with Gasteiger partial charge in [-0.3, -0.25) is 4.79 Å². The van der Waals surface area contributed by atoms with Crippen molar-refractivity contribution in [2.75, 3.05) is 5.75 Å². The highest BCUT2D eigenvalue weighted by Gasteiger charge is 2.22. The van der Waals surface area contributed by atoms with Crippen LogP contribution in [0.1, 0.15) is 12.5 Å². The SMILES string of the molecule is CCn1nnnc1SCC(=O)N[C@@H](Cc1c[nH]c2ccccc12)C(=O)O. The summed E-state index contributed by atoms with van der Waals surface area (Å²) >= 11 is 1.17. The van der Waals surface area contributed by atoms with E-state index in [2.05, 4.69) is 25.8 Å². The largest absolute Gasteiger partial charge is 0.480 e. The van der Waals surface area contributed by atoms with Crippen LogP contribution in [0.4, 0.5) is 0 Å². The van der Waals surface area contributed by atoms with Gasteiger partial charge in [0.15, 0.2) is 0 Å². The molecular weight excluding hydrogens is 356 g/mol. The highest BCUT2D eigenvalue weighted by molar-refractivity contribution is 7.99. The molecule has 3 N–H and O–H groups in total. The second-order valence-electron chi connectivity index (χ2n) is 5.59. The maximum Gasteiger partial charge on any atom is 0.326 e. The number of carbonyl (C=O) groups excluding carboxylic acids is 1. The quantitative estimate of drug-likeness (QED) is 0.504. The minimum atomic E-state index is -1.08. The standard InChI is InChI=1S/C16H18N6O3S/c1-2-22-16(19-20-21-22)26-9-14(23)18-13(15(24)25)7-10-8-17-12-6-4-3-5-11(10)12/h3-6,8,13,17H,2,7,9H2,1H3,(H,18,23)(H,24,25)/t13-/m0/s1. The van der Waals surface area contributed by atoms with Crippen molar-refractivity contribution in [3.05, 3.63) is 36.0 Å². The highest BCUT2D eigenvalue weighted by Crippen LogP contribution is 2.19. The number of aromatic nitrogens is 5. The van der Waals surface area contributed by atoms with E-state index >= 15 is 0 Å². The predicted molar refractivity (Wildman–Crippen MR) is 95.8 cm³/mol. The lowest BCUT2D eigenvalue weighted by molar-refractivity contribution is -0.141. The third kappa shape index (κ3) is 4.02. The average molecular weight is 374 g/mol. The smallest absolute Gasteiger partial charge is 0.326 e. The van der Waals surface area contributed by atoms with Gasteiger partial charge in [-0.1, -0.05) is 30.0 Å². The van der Waals surface area contributed by atoms with Crippen LogP contribution in [-0.2, 0) is 22.6 Å². The fourth-order valence-corrected chi connectivity index (χ4v) is 3.34. The van der Waals surface area contributed by atoms with E-state index in [9.17, 15) is 14.7 Å². The second-order valence-corrected chi connectivity index (χ2v) is 6.53. The van der Waals surface area contributed by atoms with Crippen molar-refractivity contribution in [1.29, 1.82) is 0 Å². The summed E-state index contributed by atoms with van der Waals surface area (Å²) in [6.45, 7) is 2.48. The summed E-state index contributed by atoms with van der Waals surface area (Å²) < 4.78 is 1.57. The fourth-order valence-electron chi connectivity index (χ4n) is 2.58. The van der Waals surface area contributed by atoms with E-state index in [0.717, 1.165) is 16.5 Å². The van der Waals surface area contributed by atoms with Crippen LogP contribution >= 0.6 is 11.8 Å². The summed E-state index contributed by atoms with van der Waals surface area (Å²) in [4.78, 5) is 26.8. The van der Waals surface area contributed by atoms with E-state index in [1.165, 1.54) is 11.8 Å². The number of aromatic amines is 1. The molecule has 1 atom stereocenters. The Labute approximate surface area is 153 Å². The molecule has 0 spiro atoms. The average Bonchev–Trinajstić information content (AvgIpc) is 3.26. The normalized spacial score (nSPS) is 12.2. The molecule has 0 aliphatic carbocycles. The monoisotopic (exact) mass is 374 g/mol. The number of para-hydroxylation sites is 1. The number of aliphatic carboxylic acids is 1. The molecule has 2 aromatic heterocycles. The van der Waals surface area contributed by atoms with Crippen LogP contribution in [0.25, 0.3) is 10.9 Å². The van der Waals surface area contributed by atoms with Crippen molar-refractivity contribution in [2.45, 2.75) is 31.1 Å². The minimum Gasteiger partial charge on any atom is -0.480 e. The Morgan fingerprint density at radius 3 is 2.96 bits per heavy atom. The topological polar surface area (TPSA) is 126 Å². The molecule has 0 aliphatic rings. The Morgan fingerprint density at radius 1 is 1.38 bits per heavy atom. The maximum atomic E-state index is 12.2. The van der Waals surface area contributed by atoms with Crippen LogP contribution in [0.15, 0.2) is 35.6 Å². The van der Waals surface area contributed by atoms with E-state index in [0.29, 0.717) is 11.7 Å². The molecule has 2 heterocycles. The molecule has 136 valence electrons. The number of hydrogen-bond donors (Lipinski definition) is 3. The molecule has 3 rings (SSSR count). The van der Waals surface area contributed by atoms with Gasteiger partial charge in [-0.15, -0.1) is 5.10 Å². The van der Waals surface area contributed by atoms with E-state index in [-0.39, 0.29) is 18.1 Å². The number of nitrogens with zero attached hydrogens (tertiary/aromatic N) is 4. The molecule has 0 saturated carbocycles. The minimum absolute atomic E-state index is 0.0397. The molecule has 10 heteroatoms. The van der Waals surface area contributed by atoms with Gasteiger partial charge in [0.1, 0.15) is 6.04 Å². The van der Waals surface area contributed by atoms with E-state index in [1.807, 2.05) is 31.2 Å². The van der Waals surface area contributed by atoms with Crippen LogP contribution < -0.4 is 5.32 Å². The molecule has 1 aromatic carbocycles. The van der Waals surface area contributed by atoms with Crippen LogP contribution in [0, 0.1) is 0 Å². The molecule has 3 aromatic rings. The van der Waals surface area contributed by atoms with Gasteiger partial charge in [0.2, 0.25) is 11.1 Å². The number of H-pyrrole nitrogens is 1. The predicted octanol–water partition coefficient (Wildman–Crippen LogP) is 1.08. The zero-order chi connectivity index (χ0) is 18.5. The molecular formula is C16H18N6O3S. The number of hydrogen-bond acceptors (Lipinski definition) is 6. The zero-order valence-electron chi connectivity index (χ0n) is 14.0. The van der Waals surface area contributed by atoms with Crippen molar-refractivity contribution in [3.8, 4) is 0 Å². The number of tetrazole rings is 1. The molecule has 0 fully saturated rings. The number of rotatable bonds is 8. The summed E-state index contributed by atoms with van der Waals surface area (Å²) in [5.41, 5.74) is 1.77. The van der Waals surface area contributed by atoms with E-state index in [1.54, 1.807) is 10.9 Å². The number of aryl methyl sites for hydroxylation is 1. The second kappa shape index (κ2) is 8.00. The molecule has 0 aliphatic heterocycles. The number of benzene rings is 1. The van der Waals surface area contributed by atoms with Crippen LogP contribution in [0.3, 0.4) is 0 Å². The summed E-state index contributed by atoms with van der Waals surface area (Å²) in [6.07, 6.45) is 1.97. The number of carbonyl (C=O) groups is 2. The van der Waals surface area contributed by atoms with Gasteiger partial charge in [-0.2, -0.15) is 0 Å². The Morgan fingerprint density at radius 2 is 2.19 bits per heavy atom. The molecule has 1 amide bonds. The van der Waals surface area contributed by atoms with Gasteiger partial charge in [0.25, 0.3) is 0 Å². The van der Waals surface area contributed by atoms with Gasteiger partial charge < -0.3 is 15.4 Å². The number of carboxylic acids is 1. The van der Waals surface area contributed by atoms with Crippen molar-refractivity contribution in [3.63, 3.8) is 0 Å². The molecule has 26 heavy (non-hydrogen) atoms. The maximum absolute atomic E-state index is 12.2. The molecule has 0 radical (unpaired) electrons. The summed E-state index contributed by atoms with van der Waals surface area (Å²) in [7, 11) is 0. The Kier molecular flexibility index (Phi) is 5.52. The van der Waals surface area contributed by atoms with Gasteiger partial charge >= 0.3 is 5.97 Å². The number of carboxylic acid groups (broad SMARTS) is 1. The number of thioether (sulfide) groups is 1. The van der Waals surface area contributed by atoms with Gasteiger partial charge in [-0.25, -0.2) is 9.48 Å². The zero-order valence-corrected chi connectivity index (χ0v) is 14.9. The highest BCUT2D eigenvalue weighted by atomic mass is 32.2. The number of nitrogens with one attached hydrogen (secondary N) is 2. The third-order valence-corrected chi connectivity index (χ3v) is 4.82. The lowest BCUT2D eigenvalue weighted by Gasteiger charge is -2.14. The molecule has 9 nitrogen and oxygen atoms in total. The Balaban J connectivity index is 1.63. The van der Waals surface area contributed by atoms with Crippen LogP contribution in [0.5, 0.6) is 0 Å². The summed E-state index contributed by atoms with van der Waals surface area (Å²) in [5.74, 6) is -1.42. The summed E-state index contributed by atoms with van der Waals surface area (Å²) in [5, 5.41) is 24.7. The van der Waals surface area contributed by atoms with Crippen LogP contribution in [-0.4, -0.2) is 54.0 Å². The first-order chi connectivity index (χ1) is 12.6. The number of amides is 1. The third-order valence-electron chi connectivity index (χ3n) is 3.86. The van der Waals surface area contributed by atoms with E-state index < -0.39 is 12.0 Å². The van der Waals surface area contributed by atoms with Crippen LogP contribution in [0.2, 0.25) is 0 Å². The Bertz CT molecular complexity index is 922. The molecule has 0 bridgehead atoms. The van der Waals surface area contributed by atoms with Crippen molar-refractivity contribution in [2.24, 2.45) is 0 Å². The molecule has 0 saturated heterocycles. The molecule has 0 unspecified atom stereocenters.